The number of methoxy groups -OCH3 is 1. The molecule has 2 aromatic heterocycles. The zero-order valence-corrected chi connectivity index (χ0v) is 27.4. The van der Waals surface area contributed by atoms with Crippen LogP contribution < -0.4 is 10.6 Å². The summed E-state index contributed by atoms with van der Waals surface area (Å²) in [4.78, 5) is 37.0. The van der Waals surface area contributed by atoms with E-state index in [0.717, 1.165) is 16.7 Å². The largest absolute Gasteiger partial charge is 0.469 e. The van der Waals surface area contributed by atoms with Gasteiger partial charge in [-0.1, -0.05) is 66.5 Å². The van der Waals surface area contributed by atoms with Gasteiger partial charge in [-0.25, -0.2) is 0 Å². The molecule has 0 aliphatic heterocycles. The number of aromatic nitrogens is 6. The van der Waals surface area contributed by atoms with Gasteiger partial charge >= 0.3 is 5.97 Å². The molecule has 48 heavy (non-hydrogen) atoms. The van der Waals surface area contributed by atoms with Crippen molar-refractivity contribution in [3.8, 4) is 16.8 Å². The molecule has 1 atom stereocenters. The molecule has 2 N–H and O–H groups in total. The fourth-order valence-corrected chi connectivity index (χ4v) is 5.15. The normalized spacial score (nSPS) is 11.7. The standard InChI is InChI=1S/C34H30Cl2N8O4/c1-3-31(45)38-26-12-6-21(7-13-26)16-28(39-32(46)15-10-24-18-25(35)11-14-30(24)44-20-37-42-43-44)29-19-27(34(36)41-40-29)23-8-4-22(5-9-23)17-33(47)48-2/h4-15,18-20,28H,3,16-17H2,1-2H3,(H,38,45)(H,39,46)/b15-10+/t28-/m0/s1. The molecule has 0 radical (unpaired) electrons. The zero-order valence-electron chi connectivity index (χ0n) is 25.9. The number of carbonyl (C=O) groups excluding carboxylic acids is 3. The Balaban J connectivity index is 1.43. The molecular weight excluding hydrogens is 655 g/mol. The lowest BCUT2D eigenvalue weighted by molar-refractivity contribution is -0.139. The molecule has 0 saturated carbocycles. The highest BCUT2D eigenvalue weighted by atomic mass is 35.5. The first kappa shape index (κ1) is 33.9. The molecule has 0 aliphatic rings. The summed E-state index contributed by atoms with van der Waals surface area (Å²) in [5.41, 5.74) is 5.39. The van der Waals surface area contributed by atoms with E-state index < -0.39 is 11.9 Å². The van der Waals surface area contributed by atoms with E-state index >= 15 is 0 Å². The van der Waals surface area contributed by atoms with Crippen LogP contribution >= 0.6 is 23.2 Å². The van der Waals surface area contributed by atoms with Gasteiger partial charge in [0.25, 0.3) is 0 Å². The second kappa shape index (κ2) is 15.9. The first-order valence-corrected chi connectivity index (χ1v) is 15.6. The zero-order chi connectivity index (χ0) is 34.0. The minimum absolute atomic E-state index is 0.0927. The number of rotatable bonds is 12. The van der Waals surface area contributed by atoms with E-state index in [1.807, 2.05) is 36.4 Å². The Labute approximate surface area is 286 Å². The van der Waals surface area contributed by atoms with Crippen molar-refractivity contribution in [3.05, 3.63) is 118 Å². The smallest absolute Gasteiger partial charge is 0.309 e. The average Bonchev–Trinajstić information content (AvgIpc) is 3.63. The summed E-state index contributed by atoms with van der Waals surface area (Å²) in [6, 6.07) is 20.9. The van der Waals surface area contributed by atoms with Crippen LogP contribution in [0.4, 0.5) is 5.69 Å². The number of nitrogens with zero attached hydrogens (tertiary/aromatic N) is 6. The maximum atomic E-state index is 13.4. The van der Waals surface area contributed by atoms with Crippen LogP contribution in [0.1, 0.15) is 41.8 Å². The van der Waals surface area contributed by atoms with E-state index in [9.17, 15) is 14.4 Å². The van der Waals surface area contributed by atoms with Crippen LogP contribution in [-0.2, 0) is 32.0 Å². The van der Waals surface area contributed by atoms with Gasteiger partial charge in [-0.2, -0.15) is 9.78 Å². The van der Waals surface area contributed by atoms with E-state index in [1.165, 1.54) is 24.2 Å². The molecule has 0 unspecified atom stereocenters. The Morgan fingerprint density at radius 2 is 1.71 bits per heavy atom. The molecule has 14 heteroatoms. The summed E-state index contributed by atoms with van der Waals surface area (Å²) in [5.74, 6) is -0.839. The lowest BCUT2D eigenvalue weighted by Crippen LogP contribution is -2.29. The van der Waals surface area contributed by atoms with Crippen molar-refractivity contribution in [2.45, 2.75) is 32.2 Å². The van der Waals surface area contributed by atoms with Crippen LogP contribution in [0.15, 0.2) is 85.2 Å². The fourth-order valence-electron chi connectivity index (χ4n) is 4.77. The number of amides is 2. The maximum absolute atomic E-state index is 13.4. The third kappa shape index (κ3) is 8.87. The Morgan fingerprint density at radius 1 is 0.958 bits per heavy atom. The molecule has 0 bridgehead atoms. The van der Waals surface area contributed by atoms with Crippen LogP contribution in [-0.4, -0.2) is 55.3 Å². The number of tetrazole rings is 1. The number of hydrogen-bond acceptors (Lipinski definition) is 9. The van der Waals surface area contributed by atoms with Crippen LogP contribution in [0, 0.1) is 0 Å². The van der Waals surface area contributed by atoms with Crippen LogP contribution in [0.2, 0.25) is 10.2 Å². The van der Waals surface area contributed by atoms with E-state index in [1.54, 1.807) is 49.4 Å². The number of carbonyl (C=O) groups is 3. The Bertz CT molecular complexity index is 1930. The van der Waals surface area contributed by atoms with Crippen molar-refractivity contribution >= 4 is 52.7 Å². The van der Waals surface area contributed by atoms with Crippen molar-refractivity contribution in [2.24, 2.45) is 0 Å². The molecule has 0 aliphatic carbocycles. The van der Waals surface area contributed by atoms with Gasteiger partial charge in [-0.15, -0.1) is 10.2 Å². The molecule has 2 amide bonds. The van der Waals surface area contributed by atoms with Crippen molar-refractivity contribution in [2.75, 3.05) is 12.4 Å². The summed E-state index contributed by atoms with van der Waals surface area (Å²) >= 11 is 12.7. The highest BCUT2D eigenvalue weighted by Gasteiger charge is 2.20. The monoisotopic (exact) mass is 684 g/mol. The summed E-state index contributed by atoms with van der Waals surface area (Å²) in [6.07, 6.45) is 5.30. The van der Waals surface area contributed by atoms with E-state index in [0.29, 0.717) is 46.1 Å². The topological polar surface area (TPSA) is 154 Å². The summed E-state index contributed by atoms with van der Waals surface area (Å²) in [5, 5.41) is 26.4. The van der Waals surface area contributed by atoms with E-state index in [2.05, 4.69) is 36.4 Å². The summed E-state index contributed by atoms with van der Waals surface area (Å²) in [7, 11) is 1.34. The lowest BCUT2D eigenvalue weighted by Gasteiger charge is -2.19. The predicted octanol–water partition coefficient (Wildman–Crippen LogP) is 5.60. The van der Waals surface area contributed by atoms with Gasteiger partial charge in [0.15, 0.2) is 5.15 Å². The molecule has 0 fully saturated rings. The molecular formula is C34H30Cl2N8O4. The second-order valence-electron chi connectivity index (χ2n) is 10.6. The second-order valence-corrected chi connectivity index (χ2v) is 11.4. The number of hydrogen-bond donors (Lipinski definition) is 2. The SMILES string of the molecule is CCC(=O)Nc1ccc(C[C@H](NC(=O)/C=C/c2cc(Cl)ccc2-n2cnnn2)c2cc(-c3ccc(CC(=O)OC)cc3)c(Cl)nn2)cc1. The lowest BCUT2D eigenvalue weighted by atomic mass is 9.99. The Kier molecular flexibility index (Phi) is 11.2. The first-order valence-electron chi connectivity index (χ1n) is 14.8. The van der Waals surface area contributed by atoms with Gasteiger partial charge in [-0.05, 0) is 76.0 Å². The van der Waals surface area contributed by atoms with E-state index in [4.69, 9.17) is 27.9 Å². The van der Waals surface area contributed by atoms with Gasteiger partial charge < -0.3 is 15.4 Å². The number of halogens is 2. The molecule has 0 saturated heterocycles. The van der Waals surface area contributed by atoms with Crippen molar-refractivity contribution in [1.82, 2.24) is 35.7 Å². The molecule has 244 valence electrons. The van der Waals surface area contributed by atoms with Crippen molar-refractivity contribution in [1.29, 1.82) is 0 Å². The van der Waals surface area contributed by atoms with Gasteiger partial charge in [-0.3, -0.25) is 14.4 Å². The number of anilines is 1. The van der Waals surface area contributed by atoms with Gasteiger partial charge in [0.2, 0.25) is 11.8 Å². The van der Waals surface area contributed by atoms with Crippen LogP contribution in [0.3, 0.4) is 0 Å². The van der Waals surface area contributed by atoms with Crippen LogP contribution in [0.25, 0.3) is 22.9 Å². The molecule has 5 rings (SSSR count). The molecule has 5 aromatic rings. The minimum atomic E-state index is -0.626. The van der Waals surface area contributed by atoms with Gasteiger partial charge in [0, 0.05) is 34.3 Å². The highest BCUT2D eigenvalue weighted by Crippen LogP contribution is 2.30. The Hall–Kier alpha value is -5.46. The third-order valence-corrected chi connectivity index (χ3v) is 7.79. The number of benzene rings is 3. The number of ether oxygens (including phenoxy) is 1. The maximum Gasteiger partial charge on any atom is 0.309 e. The van der Waals surface area contributed by atoms with Crippen LogP contribution in [0.5, 0.6) is 0 Å². The number of nitrogens with one attached hydrogen (secondary N) is 2. The molecule has 3 aromatic carbocycles. The molecule has 0 spiro atoms. The van der Waals surface area contributed by atoms with Gasteiger partial charge in [0.1, 0.15) is 6.33 Å². The molecule has 12 nitrogen and oxygen atoms in total. The first-order chi connectivity index (χ1) is 23.2. The minimum Gasteiger partial charge on any atom is -0.469 e. The van der Waals surface area contributed by atoms with Crippen molar-refractivity contribution in [3.63, 3.8) is 0 Å². The molecule has 2 heterocycles. The summed E-state index contributed by atoms with van der Waals surface area (Å²) in [6.45, 7) is 1.78. The van der Waals surface area contributed by atoms with E-state index in [-0.39, 0.29) is 23.5 Å². The summed E-state index contributed by atoms with van der Waals surface area (Å²) < 4.78 is 6.23. The fraction of sp³-hybridized carbons (Fsp3) is 0.176. The third-order valence-electron chi connectivity index (χ3n) is 7.28. The average molecular weight is 686 g/mol. The highest BCUT2D eigenvalue weighted by molar-refractivity contribution is 6.32. The predicted molar refractivity (Wildman–Crippen MR) is 181 cm³/mol. The van der Waals surface area contributed by atoms with Gasteiger partial charge in [0.05, 0.1) is 31.0 Å². The number of esters is 1. The quantitative estimate of drug-likeness (QED) is 0.126. The Morgan fingerprint density at radius 3 is 2.40 bits per heavy atom. The van der Waals surface area contributed by atoms with Crippen molar-refractivity contribution < 1.29 is 19.1 Å².